The third kappa shape index (κ3) is 5.84. The van der Waals surface area contributed by atoms with Gasteiger partial charge in [0.2, 0.25) is 0 Å². The summed E-state index contributed by atoms with van der Waals surface area (Å²) in [7, 11) is 0. The van der Waals surface area contributed by atoms with Crippen LogP contribution in [0.3, 0.4) is 0 Å². The molecule has 0 atom stereocenters. The van der Waals surface area contributed by atoms with E-state index in [1.54, 1.807) is 0 Å². The summed E-state index contributed by atoms with van der Waals surface area (Å²) >= 11 is 0. The molecule has 1 aromatic heterocycles. The SMILES string of the molecule is C(=Cc1ccc(-c2nc(-c3ccc(C=Cc4ccccc4)cc3)n(-c3ccccc3)n2)cc1)c1ccccc1. The summed E-state index contributed by atoms with van der Waals surface area (Å²) in [4.78, 5) is 4.99. The lowest BCUT2D eigenvalue weighted by atomic mass is 10.1. The van der Waals surface area contributed by atoms with Crippen LogP contribution in [0.15, 0.2) is 140 Å². The molecule has 6 rings (SSSR count). The second-order valence-corrected chi connectivity index (χ2v) is 9.24. The number of hydrogen-bond acceptors (Lipinski definition) is 2. The molecule has 0 bridgehead atoms. The van der Waals surface area contributed by atoms with Crippen molar-refractivity contribution in [1.82, 2.24) is 14.8 Å². The summed E-state index contributed by atoms with van der Waals surface area (Å²) in [5, 5.41) is 4.92. The highest BCUT2D eigenvalue weighted by molar-refractivity contribution is 5.73. The quantitative estimate of drug-likeness (QED) is 0.204. The van der Waals surface area contributed by atoms with Crippen molar-refractivity contribution in [2.45, 2.75) is 0 Å². The molecular formula is C36H27N3. The lowest BCUT2D eigenvalue weighted by Gasteiger charge is -2.06. The van der Waals surface area contributed by atoms with Crippen molar-refractivity contribution in [3.63, 3.8) is 0 Å². The van der Waals surface area contributed by atoms with Gasteiger partial charge in [-0.25, -0.2) is 9.67 Å². The van der Waals surface area contributed by atoms with Crippen LogP contribution in [0.5, 0.6) is 0 Å². The zero-order valence-corrected chi connectivity index (χ0v) is 21.4. The van der Waals surface area contributed by atoms with Crippen LogP contribution in [-0.2, 0) is 0 Å². The molecule has 0 N–H and O–H groups in total. The van der Waals surface area contributed by atoms with E-state index in [0.29, 0.717) is 5.82 Å². The normalized spacial score (nSPS) is 11.4. The van der Waals surface area contributed by atoms with Crippen molar-refractivity contribution in [3.05, 3.63) is 162 Å². The zero-order valence-electron chi connectivity index (χ0n) is 21.4. The number of benzene rings is 5. The molecule has 5 aromatic carbocycles. The highest BCUT2D eigenvalue weighted by Crippen LogP contribution is 2.26. The Labute approximate surface area is 229 Å². The van der Waals surface area contributed by atoms with Gasteiger partial charge in [-0.1, -0.05) is 152 Å². The first-order valence-corrected chi connectivity index (χ1v) is 13.0. The molecule has 0 unspecified atom stereocenters. The Balaban J connectivity index is 1.29. The topological polar surface area (TPSA) is 30.7 Å². The maximum Gasteiger partial charge on any atom is 0.182 e. The minimum atomic E-state index is 0.695. The number of hydrogen-bond donors (Lipinski definition) is 0. The molecule has 0 fully saturated rings. The first kappa shape index (κ1) is 24.1. The molecule has 3 heteroatoms. The van der Waals surface area contributed by atoms with Gasteiger partial charge in [0.05, 0.1) is 5.69 Å². The van der Waals surface area contributed by atoms with E-state index >= 15 is 0 Å². The Morgan fingerprint density at radius 3 is 1.31 bits per heavy atom. The lowest BCUT2D eigenvalue weighted by Crippen LogP contribution is -1.99. The maximum atomic E-state index is 4.99. The van der Waals surface area contributed by atoms with Gasteiger partial charge in [-0.2, -0.15) is 0 Å². The van der Waals surface area contributed by atoms with Crippen molar-refractivity contribution in [2.75, 3.05) is 0 Å². The Morgan fingerprint density at radius 2 is 0.821 bits per heavy atom. The Morgan fingerprint density at radius 1 is 0.410 bits per heavy atom. The smallest absolute Gasteiger partial charge is 0.182 e. The lowest BCUT2D eigenvalue weighted by molar-refractivity contribution is 0.890. The van der Waals surface area contributed by atoms with Gasteiger partial charge in [0.25, 0.3) is 0 Å². The second kappa shape index (κ2) is 11.4. The van der Waals surface area contributed by atoms with Crippen molar-refractivity contribution >= 4 is 24.3 Å². The molecule has 0 aliphatic rings. The minimum absolute atomic E-state index is 0.695. The van der Waals surface area contributed by atoms with Crippen LogP contribution in [0.1, 0.15) is 22.3 Å². The average Bonchev–Trinajstić information content (AvgIpc) is 3.47. The summed E-state index contributed by atoms with van der Waals surface area (Å²) in [6, 6.07) is 47.6. The number of aromatic nitrogens is 3. The highest BCUT2D eigenvalue weighted by Gasteiger charge is 2.15. The Bertz CT molecular complexity index is 1700. The molecule has 3 nitrogen and oxygen atoms in total. The fraction of sp³-hybridized carbons (Fsp3) is 0. The number of rotatable bonds is 7. The predicted octanol–water partition coefficient (Wildman–Crippen LogP) is 8.94. The van der Waals surface area contributed by atoms with E-state index in [4.69, 9.17) is 10.1 Å². The first-order valence-electron chi connectivity index (χ1n) is 13.0. The molecule has 0 radical (unpaired) electrons. The third-order valence-electron chi connectivity index (χ3n) is 6.48. The van der Waals surface area contributed by atoms with Gasteiger partial charge in [-0.15, -0.1) is 5.10 Å². The molecule has 0 aliphatic carbocycles. The van der Waals surface area contributed by atoms with Crippen LogP contribution in [0, 0.1) is 0 Å². The summed E-state index contributed by atoms with van der Waals surface area (Å²) in [5.41, 5.74) is 7.58. The summed E-state index contributed by atoms with van der Waals surface area (Å²) in [6.07, 6.45) is 8.49. The predicted molar refractivity (Wildman–Crippen MR) is 163 cm³/mol. The van der Waals surface area contributed by atoms with Gasteiger partial charge in [0, 0.05) is 11.1 Å². The Hall–Kier alpha value is -5.28. The van der Waals surface area contributed by atoms with Crippen molar-refractivity contribution in [3.8, 4) is 28.5 Å². The molecule has 186 valence electrons. The van der Waals surface area contributed by atoms with Crippen LogP contribution in [0.4, 0.5) is 0 Å². The molecular weight excluding hydrogens is 474 g/mol. The van der Waals surface area contributed by atoms with E-state index in [1.807, 2.05) is 59.3 Å². The molecule has 1 heterocycles. The van der Waals surface area contributed by atoms with E-state index in [2.05, 4.69) is 109 Å². The summed E-state index contributed by atoms with van der Waals surface area (Å²) < 4.78 is 1.92. The number of para-hydroxylation sites is 1. The van der Waals surface area contributed by atoms with Crippen molar-refractivity contribution < 1.29 is 0 Å². The number of nitrogens with zero attached hydrogens (tertiary/aromatic N) is 3. The fourth-order valence-electron chi connectivity index (χ4n) is 4.37. The van der Waals surface area contributed by atoms with Crippen LogP contribution in [0.2, 0.25) is 0 Å². The molecule has 6 aromatic rings. The van der Waals surface area contributed by atoms with Crippen LogP contribution < -0.4 is 0 Å². The van der Waals surface area contributed by atoms with Crippen LogP contribution >= 0.6 is 0 Å². The maximum absolute atomic E-state index is 4.99. The fourth-order valence-corrected chi connectivity index (χ4v) is 4.37. The first-order chi connectivity index (χ1) is 19.3. The van der Waals surface area contributed by atoms with E-state index in [0.717, 1.165) is 33.8 Å². The molecule has 0 amide bonds. The van der Waals surface area contributed by atoms with E-state index in [1.165, 1.54) is 11.1 Å². The monoisotopic (exact) mass is 501 g/mol. The second-order valence-electron chi connectivity index (χ2n) is 9.24. The molecule has 0 aliphatic heterocycles. The van der Waals surface area contributed by atoms with E-state index in [9.17, 15) is 0 Å². The third-order valence-corrected chi connectivity index (χ3v) is 6.48. The standard InChI is InChI=1S/C36H27N3/c1-4-10-28(11-5-1)16-18-30-20-24-32(25-21-30)35-37-36(39(38-35)34-14-8-3-9-15-34)33-26-22-31(23-27-33)19-17-29-12-6-2-7-13-29/h1-27H. The van der Waals surface area contributed by atoms with Crippen LogP contribution in [0.25, 0.3) is 52.8 Å². The van der Waals surface area contributed by atoms with Gasteiger partial charge in [-0.05, 0) is 34.4 Å². The van der Waals surface area contributed by atoms with E-state index in [-0.39, 0.29) is 0 Å². The molecule has 0 saturated carbocycles. The largest absolute Gasteiger partial charge is 0.213 e. The van der Waals surface area contributed by atoms with Crippen LogP contribution in [-0.4, -0.2) is 14.8 Å². The molecule has 0 spiro atoms. The average molecular weight is 502 g/mol. The van der Waals surface area contributed by atoms with Gasteiger partial charge in [0.1, 0.15) is 0 Å². The zero-order chi connectivity index (χ0) is 26.3. The Kier molecular flexibility index (Phi) is 7.04. The van der Waals surface area contributed by atoms with Gasteiger partial charge >= 0.3 is 0 Å². The van der Waals surface area contributed by atoms with Gasteiger partial charge in [0.15, 0.2) is 11.6 Å². The minimum Gasteiger partial charge on any atom is -0.213 e. The van der Waals surface area contributed by atoms with Gasteiger partial charge < -0.3 is 0 Å². The summed E-state index contributed by atoms with van der Waals surface area (Å²) in [5.74, 6) is 1.50. The van der Waals surface area contributed by atoms with Crippen molar-refractivity contribution in [2.24, 2.45) is 0 Å². The molecule has 39 heavy (non-hydrogen) atoms. The van der Waals surface area contributed by atoms with E-state index < -0.39 is 0 Å². The highest BCUT2D eigenvalue weighted by atomic mass is 15.4. The molecule has 0 saturated heterocycles. The summed E-state index contributed by atoms with van der Waals surface area (Å²) in [6.45, 7) is 0. The van der Waals surface area contributed by atoms with Gasteiger partial charge in [-0.3, -0.25) is 0 Å². The van der Waals surface area contributed by atoms with Crippen molar-refractivity contribution in [1.29, 1.82) is 0 Å².